The number of allylic oxidation sites excluding steroid dienone is 2. The molecule has 3 N–H and O–H groups in total. The number of para-hydroxylation sites is 1. The van der Waals surface area contributed by atoms with E-state index in [1.165, 1.54) is 4.90 Å². The number of primary amides is 1. The Morgan fingerprint density at radius 1 is 0.902 bits per heavy atom. The van der Waals surface area contributed by atoms with Crippen molar-refractivity contribution in [2.75, 3.05) is 4.90 Å². The molecule has 6 atom stereocenters. The molecule has 7 rings (SSSR count). The summed E-state index contributed by atoms with van der Waals surface area (Å²) < 4.78 is 0. The number of likely N-dealkylation sites (tertiary alicyclic amines) is 1. The van der Waals surface area contributed by atoms with Crippen LogP contribution in [0, 0.1) is 29.1 Å². The van der Waals surface area contributed by atoms with Crippen molar-refractivity contribution in [1.82, 2.24) is 4.90 Å². The van der Waals surface area contributed by atoms with Gasteiger partial charge in [0.05, 0.1) is 28.9 Å². The second-order valence-electron chi connectivity index (χ2n) is 11.6. The normalized spacial score (nSPS) is 30.8. The molecule has 3 fully saturated rings. The van der Waals surface area contributed by atoms with Crippen LogP contribution >= 0.6 is 0 Å². The van der Waals surface area contributed by atoms with Crippen LogP contribution in [-0.4, -0.2) is 39.7 Å². The van der Waals surface area contributed by atoms with Gasteiger partial charge in [0.15, 0.2) is 0 Å². The number of hydrogen-bond donors (Lipinski definition) is 2. The van der Waals surface area contributed by atoms with E-state index < -0.39 is 58.8 Å². The third-order valence-electron chi connectivity index (χ3n) is 9.75. The standard InChI is InChI=1S/C32H27N3O6/c1-32-22(28(38)34(30(32)40)17-8-3-2-4-9-17)15-21-19(12-13-20-24(21)29(39)35(27(20)37)31(33)41)26(32)25-18-10-6-5-7-16(18)11-14-23(25)36/h2-12,14,20-22,24,26,36H,13,15H2,1H3,(H2,33,41)/t20-,21+,22-,24-,26+,32+/m0/s1. The van der Waals surface area contributed by atoms with Crippen LogP contribution in [0.25, 0.3) is 10.8 Å². The highest BCUT2D eigenvalue weighted by Crippen LogP contribution is 2.65. The van der Waals surface area contributed by atoms with Crippen LogP contribution < -0.4 is 10.6 Å². The Labute approximate surface area is 235 Å². The maximum absolute atomic E-state index is 14.5. The van der Waals surface area contributed by atoms with E-state index in [-0.39, 0.29) is 24.5 Å². The van der Waals surface area contributed by atoms with Crippen molar-refractivity contribution in [3.8, 4) is 5.75 Å². The van der Waals surface area contributed by atoms with Gasteiger partial charge in [0, 0.05) is 11.5 Å². The van der Waals surface area contributed by atoms with Crippen LogP contribution in [0.4, 0.5) is 10.5 Å². The number of phenols is 1. The molecule has 41 heavy (non-hydrogen) atoms. The van der Waals surface area contributed by atoms with Gasteiger partial charge in [-0.3, -0.25) is 19.2 Å². The molecule has 2 aliphatic heterocycles. The average molecular weight is 550 g/mol. The minimum Gasteiger partial charge on any atom is -0.508 e. The Morgan fingerprint density at radius 3 is 2.34 bits per heavy atom. The summed E-state index contributed by atoms with van der Waals surface area (Å²) in [6.45, 7) is 1.77. The van der Waals surface area contributed by atoms with Gasteiger partial charge >= 0.3 is 6.03 Å². The predicted molar refractivity (Wildman–Crippen MR) is 148 cm³/mol. The molecule has 2 aliphatic carbocycles. The lowest BCUT2D eigenvalue weighted by atomic mass is 9.51. The smallest absolute Gasteiger partial charge is 0.328 e. The second kappa shape index (κ2) is 8.60. The van der Waals surface area contributed by atoms with Gasteiger partial charge < -0.3 is 10.8 Å². The Morgan fingerprint density at radius 2 is 1.61 bits per heavy atom. The molecule has 4 aliphatic rings. The zero-order valence-electron chi connectivity index (χ0n) is 22.2. The summed E-state index contributed by atoms with van der Waals surface area (Å²) in [5.74, 6) is -6.01. The third kappa shape index (κ3) is 3.20. The van der Waals surface area contributed by atoms with Crippen molar-refractivity contribution in [3.63, 3.8) is 0 Å². The fourth-order valence-corrected chi connectivity index (χ4v) is 7.95. The summed E-state index contributed by atoms with van der Waals surface area (Å²) in [5, 5.41) is 13.0. The number of nitrogens with two attached hydrogens (primary N) is 1. The fourth-order valence-electron chi connectivity index (χ4n) is 7.95. The molecule has 9 nitrogen and oxygen atoms in total. The molecule has 2 heterocycles. The summed E-state index contributed by atoms with van der Waals surface area (Å²) in [5.41, 5.74) is 5.80. The topological polar surface area (TPSA) is 138 Å². The molecule has 2 saturated heterocycles. The first-order valence-corrected chi connectivity index (χ1v) is 13.7. The molecule has 0 aromatic heterocycles. The number of phenolic OH excluding ortho intramolecular Hbond substituents is 1. The number of carbonyl (C=O) groups excluding carboxylic acids is 5. The number of benzene rings is 3. The van der Waals surface area contributed by atoms with E-state index in [0.29, 0.717) is 16.2 Å². The van der Waals surface area contributed by atoms with Crippen LogP contribution in [0.5, 0.6) is 5.75 Å². The monoisotopic (exact) mass is 549 g/mol. The first kappa shape index (κ1) is 25.2. The van der Waals surface area contributed by atoms with Crippen LogP contribution in [0.2, 0.25) is 0 Å². The number of urea groups is 1. The van der Waals surface area contributed by atoms with E-state index in [1.54, 1.807) is 49.4 Å². The molecule has 0 radical (unpaired) electrons. The number of nitrogens with zero attached hydrogens (tertiary/aromatic N) is 2. The Kier molecular flexibility index (Phi) is 5.29. The van der Waals surface area contributed by atoms with E-state index >= 15 is 0 Å². The fraction of sp³-hybridized carbons (Fsp3) is 0.281. The predicted octanol–water partition coefficient (Wildman–Crippen LogP) is 3.85. The minimum absolute atomic E-state index is 0.0247. The molecule has 206 valence electrons. The van der Waals surface area contributed by atoms with Crippen molar-refractivity contribution in [3.05, 3.63) is 83.9 Å². The van der Waals surface area contributed by atoms with Gasteiger partial charge in [0.1, 0.15) is 5.75 Å². The molecule has 0 spiro atoms. The number of fused-ring (bicyclic) bond motifs is 5. The van der Waals surface area contributed by atoms with Gasteiger partial charge in [-0.05, 0) is 54.7 Å². The minimum atomic E-state index is -1.29. The number of imide groups is 4. The molecule has 0 unspecified atom stereocenters. The van der Waals surface area contributed by atoms with Crippen molar-refractivity contribution < 1.29 is 29.1 Å². The third-order valence-corrected chi connectivity index (χ3v) is 9.75. The summed E-state index contributed by atoms with van der Waals surface area (Å²) >= 11 is 0. The van der Waals surface area contributed by atoms with E-state index in [1.807, 2.05) is 30.3 Å². The second-order valence-corrected chi connectivity index (χ2v) is 11.6. The molecular weight excluding hydrogens is 522 g/mol. The van der Waals surface area contributed by atoms with Crippen LogP contribution in [-0.2, 0) is 19.2 Å². The van der Waals surface area contributed by atoms with Crippen molar-refractivity contribution in [2.45, 2.75) is 25.7 Å². The van der Waals surface area contributed by atoms with E-state index in [0.717, 1.165) is 16.3 Å². The highest BCUT2D eigenvalue weighted by atomic mass is 16.3. The van der Waals surface area contributed by atoms with E-state index in [9.17, 15) is 29.1 Å². The molecule has 1 saturated carbocycles. The number of amides is 6. The number of carbonyl (C=O) groups is 5. The number of aromatic hydroxyl groups is 1. The molecule has 3 aromatic carbocycles. The summed E-state index contributed by atoms with van der Waals surface area (Å²) in [7, 11) is 0. The Bertz CT molecular complexity index is 1730. The maximum atomic E-state index is 14.5. The highest BCUT2D eigenvalue weighted by Gasteiger charge is 2.68. The van der Waals surface area contributed by atoms with Crippen LogP contribution in [0.3, 0.4) is 0 Å². The maximum Gasteiger partial charge on any atom is 0.328 e. The quantitative estimate of drug-likeness (QED) is 0.368. The Hall–Kier alpha value is -4.79. The van der Waals surface area contributed by atoms with Gasteiger partial charge in [0.2, 0.25) is 23.6 Å². The van der Waals surface area contributed by atoms with Gasteiger partial charge in [0.25, 0.3) is 0 Å². The first-order valence-electron chi connectivity index (χ1n) is 13.7. The largest absolute Gasteiger partial charge is 0.508 e. The van der Waals surface area contributed by atoms with E-state index in [2.05, 4.69) is 0 Å². The van der Waals surface area contributed by atoms with Gasteiger partial charge in [-0.1, -0.05) is 60.2 Å². The zero-order chi connectivity index (χ0) is 28.8. The SMILES string of the molecule is C[C@@]12C(=O)N(c3ccccc3)C(=O)[C@@H]1C[C@@H]1C(=CC[C@@H]3C(=O)N(C(N)=O)C(=O)[C@@H]31)[C@@H]2c1c(O)ccc2ccccc12. The van der Waals surface area contributed by atoms with Crippen molar-refractivity contribution in [2.24, 2.45) is 34.8 Å². The Balaban J connectivity index is 1.48. The van der Waals surface area contributed by atoms with Crippen molar-refractivity contribution in [1.29, 1.82) is 0 Å². The number of hydrogen-bond acceptors (Lipinski definition) is 6. The van der Waals surface area contributed by atoms with Crippen LogP contribution in [0.1, 0.15) is 31.2 Å². The van der Waals surface area contributed by atoms with Gasteiger partial charge in [-0.15, -0.1) is 0 Å². The number of anilines is 1. The lowest BCUT2D eigenvalue weighted by Crippen LogP contribution is -2.49. The molecule has 0 bridgehead atoms. The molecular formula is C32H27N3O6. The summed E-state index contributed by atoms with van der Waals surface area (Å²) in [4.78, 5) is 69.1. The number of rotatable bonds is 2. The summed E-state index contributed by atoms with van der Waals surface area (Å²) in [6.07, 6.45) is 2.20. The lowest BCUT2D eigenvalue weighted by Gasteiger charge is -2.49. The van der Waals surface area contributed by atoms with Gasteiger partial charge in [-0.25, -0.2) is 9.69 Å². The highest BCUT2D eigenvalue weighted by molar-refractivity contribution is 6.24. The molecule has 6 amide bonds. The van der Waals surface area contributed by atoms with Crippen molar-refractivity contribution >= 4 is 46.1 Å². The lowest BCUT2D eigenvalue weighted by molar-refractivity contribution is -0.136. The first-order chi connectivity index (χ1) is 19.7. The molecule has 3 aromatic rings. The van der Waals surface area contributed by atoms with Crippen LogP contribution in [0.15, 0.2) is 78.4 Å². The average Bonchev–Trinajstić information content (AvgIpc) is 3.33. The summed E-state index contributed by atoms with van der Waals surface area (Å²) in [6, 6.07) is 18.5. The zero-order valence-corrected chi connectivity index (χ0v) is 22.2. The van der Waals surface area contributed by atoms with Gasteiger partial charge in [-0.2, -0.15) is 4.90 Å². The molecule has 9 heteroatoms. The van der Waals surface area contributed by atoms with E-state index in [4.69, 9.17) is 5.73 Å².